The van der Waals surface area contributed by atoms with E-state index in [0.717, 1.165) is 29.6 Å². The SMILES string of the molecule is Cc1cc(NCc2cn(C)nc2C)nc(C(C)C)n1. The molecule has 2 heterocycles. The van der Waals surface area contributed by atoms with Crippen molar-refractivity contribution in [2.75, 3.05) is 5.32 Å². The van der Waals surface area contributed by atoms with Crippen LogP contribution in [0.3, 0.4) is 0 Å². The highest BCUT2D eigenvalue weighted by Gasteiger charge is 2.07. The molecule has 0 aliphatic rings. The van der Waals surface area contributed by atoms with E-state index in [9.17, 15) is 0 Å². The van der Waals surface area contributed by atoms with Crippen molar-refractivity contribution in [2.24, 2.45) is 7.05 Å². The lowest BCUT2D eigenvalue weighted by Crippen LogP contribution is -2.06. The largest absolute Gasteiger partial charge is 0.366 e. The molecule has 0 spiro atoms. The van der Waals surface area contributed by atoms with Crippen molar-refractivity contribution in [3.63, 3.8) is 0 Å². The van der Waals surface area contributed by atoms with Crippen molar-refractivity contribution in [3.8, 4) is 0 Å². The van der Waals surface area contributed by atoms with E-state index >= 15 is 0 Å². The van der Waals surface area contributed by atoms with Crippen LogP contribution in [0.4, 0.5) is 5.82 Å². The summed E-state index contributed by atoms with van der Waals surface area (Å²) in [7, 11) is 1.93. The first-order valence-corrected chi connectivity index (χ1v) is 6.54. The number of hydrogen-bond acceptors (Lipinski definition) is 4. The van der Waals surface area contributed by atoms with Gasteiger partial charge in [-0.15, -0.1) is 0 Å². The van der Waals surface area contributed by atoms with Crippen LogP contribution >= 0.6 is 0 Å². The van der Waals surface area contributed by atoms with Gasteiger partial charge in [0.15, 0.2) is 0 Å². The number of aromatic nitrogens is 4. The normalized spacial score (nSPS) is 11.1. The highest BCUT2D eigenvalue weighted by atomic mass is 15.3. The summed E-state index contributed by atoms with van der Waals surface area (Å²) in [4.78, 5) is 8.98. The van der Waals surface area contributed by atoms with Crippen molar-refractivity contribution in [1.82, 2.24) is 19.7 Å². The van der Waals surface area contributed by atoms with Gasteiger partial charge in [-0.25, -0.2) is 9.97 Å². The molecule has 0 aliphatic heterocycles. The van der Waals surface area contributed by atoms with E-state index < -0.39 is 0 Å². The number of anilines is 1. The van der Waals surface area contributed by atoms with Gasteiger partial charge in [0.1, 0.15) is 11.6 Å². The number of aryl methyl sites for hydroxylation is 3. The Balaban J connectivity index is 2.13. The zero-order chi connectivity index (χ0) is 14.0. The number of rotatable bonds is 4. The molecule has 1 N–H and O–H groups in total. The minimum absolute atomic E-state index is 0.334. The summed E-state index contributed by atoms with van der Waals surface area (Å²) < 4.78 is 1.83. The minimum atomic E-state index is 0.334. The molecule has 2 aromatic rings. The van der Waals surface area contributed by atoms with Crippen LogP contribution in [0.2, 0.25) is 0 Å². The van der Waals surface area contributed by atoms with Crippen LogP contribution in [-0.4, -0.2) is 19.7 Å². The lowest BCUT2D eigenvalue weighted by molar-refractivity contribution is 0.756. The maximum absolute atomic E-state index is 4.54. The molecule has 0 radical (unpaired) electrons. The van der Waals surface area contributed by atoms with Crippen LogP contribution in [0, 0.1) is 13.8 Å². The predicted octanol–water partition coefficient (Wildman–Crippen LogP) is 2.56. The van der Waals surface area contributed by atoms with Crippen LogP contribution in [0.25, 0.3) is 0 Å². The number of hydrogen-bond donors (Lipinski definition) is 1. The molecule has 0 saturated carbocycles. The highest BCUT2D eigenvalue weighted by molar-refractivity contribution is 5.37. The topological polar surface area (TPSA) is 55.6 Å². The van der Waals surface area contributed by atoms with E-state index in [0.29, 0.717) is 5.92 Å². The van der Waals surface area contributed by atoms with Gasteiger partial charge in [-0.05, 0) is 13.8 Å². The second-order valence-electron chi connectivity index (χ2n) is 5.17. The Morgan fingerprint density at radius 2 is 2.00 bits per heavy atom. The molecule has 2 aromatic heterocycles. The summed E-state index contributed by atoms with van der Waals surface area (Å²) >= 11 is 0. The van der Waals surface area contributed by atoms with Gasteiger partial charge < -0.3 is 5.32 Å². The minimum Gasteiger partial charge on any atom is -0.366 e. The van der Waals surface area contributed by atoms with E-state index in [1.807, 2.05) is 37.8 Å². The fourth-order valence-electron chi connectivity index (χ4n) is 1.95. The lowest BCUT2D eigenvalue weighted by Gasteiger charge is -2.09. The number of nitrogens with one attached hydrogen (secondary N) is 1. The van der Waals surface area contributed by atoms with Crippen LogP contribution < -0.4 is 5.32 Å². The summed E-state index contributed by atoms with van der Waals surface area (Å²) in [6, 6.07) is 1.97. The third kappa shape index (κ3) is 3.30. The fourth-order valence-corrected chi connectivity index (χ4v) is 1.95. The van der Waals surface area contributed by atoms with Gasteiger partial charge in [0.25, 0.3) is 0 Å². The van der Waals surface area contributed by atoms with Gasteiger partial charge >= 0.3 is 0 Å². The molecule has 5 nitrogen and oxygen atoms in total. The molecule has 0 aliphatic carbocycles. The Hall–Kier alpha value is -1.91. The molecule has 5 heteroatoms. The maximum atomic E-state index is 4.54. The average molecular weight is 259 g/mol. The summed E-state index contributed by atoms with van der Waals surface area (Å²) in [6.07, 6.45) is 2.03. The molecular weight excluding hydrogens is 238 g/mol. The summed E-state index contributed by atoms with van der Waals surface area (Å²) in [5.41, 5.74) is 3.22. The van der Waals surface area contributed by atoms with E-state index in [1.165, 1.54) is 5.56 Å². The van der Waals surface area contributed by atoms with E-state index in [4.69, 9.17) is 0 Å². The van der Waals surface area contributed by atoms with Crippen molar-refractivity contribution in [3.05, 3.63) is 35.0 Å². The van der Waals surface area contributed by atoms with Gasteiger partial charge in [-0.3, -0.25) is 4.68 Å². The molecule has 2 rings (SSSR count). The van der Waals surface area contributed by atoms with Crippen molar-refractivity contribution >= 4 is 5.82 Å². The van der Waals surface area contributed by atoms with E-state index in [-0.39, 0.29) is 0 Å². The molecule has 0 unspecified atom stereocenters. The Morgan fingerprint density at radius 1 is 1.26 bits per heavy atom. The smallest absolute Gasteiger partial charge is 0.133 e. The first kappa shape index (κ1) is 13.5. The van der Waals surface area contributed by atoms with Crippen molar-refractivity contribution in [2.45, 2.75) is 40.2 Å². The van der Waals surface area contributed by atoms with Gasteiger partial charge in [-0.2, -0.15) is 5.10 Å². The van der Waals surface area contributed by atoms with Crippen LogP contribution in [0.1, 0.15) is 42.5 Å². The monoisotopic (exact) mass is 259 g/mol. The van der Waals surface area contributed by atoms with Gasteiger partial charge in [0.05, 0.1) is 5.69 Å². The van der Waals surface area contributed by atoms with Crippen molar-refractivity contribution in [1.29, 1.82) is 0 Å². The molecular formula is C14H21N5. The van der Waals surface area contributed by atoms with E-state index in [1.54, 1.807) is 0 Å². The second kappa shape index (κ2) is 5.38. The fraction of sp³-hybridized carbons (Fsp3) is 0.500. The lowest BCUT2D eigenvalue weighted by atomic mass is 10.2. The Morgan fingerprint density at radius 3 is 2.58 bits per heavy atom. The molecule has 0 atom stereocenters. The Labute approximate surface area is 114 Å². The Kier molecular flexibility index (Phi) is 3.83. The molecule has 0 aromatic carbocycles. The first-order chi connectivity index (χ1) is 8.95. The van der Waals surface area contributed by atoms with Crippen LogP contribution in [0.15, 0.2) is 12.3 Å². The summed E-state index contributed by atoms with van der Waals surface area (Å²) in [5, 5.41) is 7.68. The molecule has 102 valence electrons. The van der Waals surface area contributed by atoms with Crippen molar-refractivity contribution < 1.29 is 0 Å². The van der Waals surface area contributed by atoms with Gasteiger partial charge in [0, 0.05) is 43.0 Å². The van der Waals surface area contributed by atoms with Gasteiger partial charge in [-0.1, -0.05) is 13.8 Å². The van der Waals surface area contributed by atoms with E-state index in [2.05, 4.69) is 34.2 Å². The zero-order valence-corrected chi connectivity index (χ0v) is 12.2. The molecule has 0 saturated heterocycles. The molecule has 0 fully saturated rings. The summed E-state index contributed by atoms with van der Waals surface area (Å²) in [5.74, 6) is 2.09. The maximum Gasteiger partial charge on any atom is 0.133 e. The second-order valence-corrected chi connectivity index (χ2v) is 5.17. The Bertz CT molecular complexity index is 571. The quantitative estimate of drug-likeness (QED) is 0.916. The predicted molar refractivity (Wildman–Crippen MR) is 76.1 cm³/mol. The summed E-state index contributed by atoms with van der Waals surface area (Å²) in [6.45, 7) is 8.94. The molecule has 0 amide bonds. The number of nitrogens with zero attached hydrogens (tertiary/aromatic N) is 4. The van der Waals surface area contributed by atoms with Crippen LogP contribution in [0.5, 0.6) is 0 Å². The molecule has 19 heavy (non-hydrogen) atoms. The van der Waals surface area contributed by atoms with Crippen LogP contribution in [-0.2, 0) is 13.6 Å². The van der Waals surface area contributed by atoms with Gasteiger partial charge in [0.2, 0.25) is 0 Å². The standard InChI is InChI=1S/C14H21N5/c1-9(2)14-16-10(3)6-13(17-14)15-7-12-8-19(5)18-11(12)4/h6,8-9H,7H2,1-5H3,(H,15,16,17). The third-order valence-corrected chi connectivity index (χ3v) is 2.96. The zero-order valence-electron chi connectivity index (χ0n) is 12.2. The average Bonchev–Trinajstić information content (AvgIpc) is 2.64. The third-order valence-electron chi connectivity index (χ3n) is 2.96. The first-order valence-electron chi connectivity index (χ1n) is 6.54. The highest BCUT2D eigenvalue weighted by Crippen LogP contribution is 2.15. The molecule has 0 bridgehead atoms.